The second-order valence-electron chi connectivity index (χ2n) is 3.69. The third-order valence-electron chi connectivity index (χ3n) is 2.50. The van der Waals surface area contributed by atoms with Crippen LogP contribution in [0, 0.1) is 0 Å². The zero-order valence-electron chi connectivity index (χ0n) is 9.55. The van der Waals surface area contributed by atoms with Crippen molar-refractivity contribution < 1.29 is 19.1 Å². The molecule has 1 rings (SSSR count). The van der Waals surface area contributed by atoms with E-state index in [0.29, 0.717) is 25.8 Å². The maximum absolute atomic E-state index is 11.9. The van der Waals surface area contributed by atoms with E-state index in [9.17, 15) is 14.4 Å². The Balaban J connectivity index is 2.67. The third-order valence-corrected chi connectivity index (χ3v) is 2.50. The largest absolute Gasteiger partial charge is 0.445 e. The molecule has 1 N–H and O–H groups in total. The van der Waals surface area contributed by atoms with Crippen LogP contribution in [0.3, 0.4) is 0 Å². The van der Waals surface area contributed by atoms with Gasteiger partial charge in [0.2, 0.25) is 6.41 Å². The number of carbonyl (C=O) groups excluding carboxylic acids is 3. The van der Waals surface area contributed by atoms with Gasteiger partial charge in [0.25, 0.3) is 5.91 Å². The van der Waals surface area contributed by atoms with Gasteiger partial charge in [-0.2, -0.15) is 0 Å². The maximum Gasteiger partial charge on any atom is 0.416 e. The Labute approximate surface area is 99.6 Å². The molecular formula is C11H16N2O4. The van der Waals surface area contributed by atoms with Gasteiger partial charge in [-0.25, -0.2) is 9.69 Å². The van der Waals surface area contributed by atoms with Crippen molar-refractivity contribution in [1.29, 1.82) is 0 Å². The van der Waals surface area contributed by atoms with E-state index in [4.69, 9.17) is 4.74 Å². The topological polar surface area (TPSA) is 75.7 Å². The Kier molecular flexibility index (Phi) is 5.19. The first-order valence-electron chi connectivity index (χ1n) is 5.49. The van der Waals surface area contributed by atoms with E-state index in [1.165, 1.54) is 6.08 Å². The summed E-state index contributed by atoms with van der Waals surface area (Å²) in [6.07, 6.45) is 3.26. The summed E-state index contributed by atoms with van der Waals surface area (Å²) in [5, 5.41) is 2.42. The molecule has 0 saturated carbocycles. The molecule has 3 amide bonds. The number of amides is 3. The number of imide groups is 1. The van der Waals surface area contributed by atoms with E-state index in [2.05, 4.69) is 11.9 Å². The highest BCUT2D eigenvalue weighted by Crippen LogP contribution is 2.13. The predicted molar refractivity (Wildman–Crippen MR) is 60.1 cm³/mol. The average molecular weight is 240 g/mol. The van der Waals surface area contributed by atoms with Gasteiger partial charge in [0, 0.05) is 6.54 Å². The Bertz CT molecular complexity index is 317. The molecule has 1 fully saturated rings. The van der Waals surface area contributed by atoms with Crippen molar-refractivity contribution in [1.82, 2.24) is 10.2 Å². The lowest BCUT2D eigenvalue weighted by molar-refractivity contribution is -0.132. The molecule has 94 valence electrons. The monoisotopic (exact) mass is 240 g/mol. The fraction of sp³-hybridized carbons (Fsp3) is 0.545. The van der Waals surface area contributed by atoms with Crippen LogP contribution >= 0.6 is 0 Å². The normalized spacial score (nSPS) is 20.4. The van der Waals surface area contributed by atoms with Gasteiger partial charge in [-0.1, -0.05) is 12.7 Å². The van der Waals surface area contributed by atoms with Crippen LogP contribution in [0.15, 0.2) is 12.7 Å². The molecule has 1 saturated heterocycles. The van der Waals surface area contributed by atoms with E-state index in [0.717, 1.165) is 11.3 Å². The third kappa shape index (κ3) is 3.58. The number of rotatable bonds is 4. The minimum absolute atomic E-state index is 0.0639. The first-order valence-corrected chi connectivity index (χ1v) is 5.49. The van der Waals surface area contributed by atoms with Gasteiger partial charge in [0.05, 0.1) is 0 Å². The quantitative estimate of drug-likeness (QED) is 0.571. The van der Waals surface area contributed by atoms with Gasteiger partial charge in [-0.3, -0.25) is 9.59 Å². The first-order chi connectivity index (χ1) is 8.20. The summed E-state index contributed by atoms with van der Waals surface area (Å²) in [7, 11) is 0. The molecule has 6 heteroatoms. The minimum atomic E-state index is -0.686. The fourth-order valence-corrected chi connectivity index (χ4v) is 1.67. The molecule has 17 heavy (non-hydrogen) atoms. The number of nitrogens with zero attached hydrogens (tertiary/aromatic N) is 1. The van der Waals surface area contributed by atoms with Gasteiger partial charge in [0.15, 0.2) is 0 Å². The Morgan fingerprint density at radius 2 is 2.35 bits per heavy atom. The second kappa shape index (κ2) is 6.67. The summed E-state index contributed by atoms with van der Waals surface area (Å²) in [5.41, 5.74) is 0. The van der Waals surface area contributed by atoms with Gasteiger partial charge < -0.3 is 10.1 Å². The summed E-state index contributed by atoms with van der Waals surface area (Å²) < 4.78 is 4.82. The van der Waals surface area contributed by atoms with E-state index < -0.39 is 18.0 Å². The number of hydrogen-bond donors (Lipinski definition) is 1. The van der Waals surface area contributed by atoms with E-state index in [-0.39, 0.29) is 6.61 Å². The van der Waals surface area contributed by atoms with Crippen LogP contribution in [0.4, 0.5) is 4.79 Å². The number of hydrogen-bond acceptors (Lipinski definition) is 4. The predicted octanol–water partition coefficient (Wildman–Crippen LogP) is 0.436. The van der Waals surface area contributed by atoms with E-state index in [1.807, 2.05) is 0 Å². The van der Waals surface area contributed by atoms with Gasteiger partial charge in [-0.05, 0) is 19.3 Å². The second-order valence-corrected chi connectivity index (χ2v) is 3.69. The molecule has 0 bridgehead atoms. The van der Waals surface area contributed by atoms with Gasteiger partial charge >= 0.3 is 6.09 Å². The van der Waals surface area contributed by atoms with E-state index >= 15 is 0 Å². The first kappa shape index (κ1) is 13.2. The summed E-state index contributed by atoms with van der Waals surface area (Å²) in [6.45, 7) is 3.81. The molecule has 1 aliphatic rings. The molecule has 0 aliphatic carbocycles. The van der Waals surface area contributed by atoms with Crippen molar-refractivity contribution in [3.05, 3.63) is 12.7 Å². The molecule has 0 aromatic carbocycles. The molecule has 1 atom stereocenters. The molecule has 0 radical (unpaired) electrons. The Hall–Kier alpha value is -1.85. The number of likely N-dealkylation sites (tertiary alicyclic amines) is 1. The van der Waals surface area contributed by atoms with Crippen LogP contribution in [0.25, 0.3) is 0 Å². The van der Waals surface area contributed by atoms with Crippen LogP contribution in [0.2, 0.25) is 0 Å². The number of nitrogens with one attached hydrogen (secondary N) is 1. The zero-order chi connectivity index (χ0) is 12.7. The molecular weight excluding hydrogens is 224 g/mol. The van der Waals surface area contributed by atoms with Crippen molar-refractivity contribution in [2.75, 3.05) is 13.2 Å². The molecule has 1 aliphatic heterocycles. The van der Waals surface area contributed by atoms with Crippen molar-refractivity contribution in [3.8, 4) is 0 Å². The molecule has 0 aromatic rings. The van der Waals surface area contributed by atoms with Crippen LogP contribution in [0.1, 0.15) is 19.3 Å². The fourth-order valence-electron chi connectivity index (χ4n) is 1.67. The zero-order valence-corrected chi connectivity index (χ0v) is 9.55. The van der Waals surface area contributed by atoms with Crippen molar-refractivity contribution in [2.45, 2.75) is 25.3 Å². The lowest BCUT2D eigenvalue weighted by Gasteiger charge is -2.21. The summed E-state index contributed by atoms with van der Waals surface area (Å²) in [6, 6.07) is -0.633. The standard InChI is InChI=1S/C11H16N2O4/c1-2-7-17-11(16)13-6-4-3-5-9(10(13)15)12-8-14/h2,8-9H,1,3-7H2,(H,12,14)/t9-/m0/s1. The van der Waals surface area contributed by atoms with Crippen LogP contribution in [0.5, 0.6) is 0 Å². The minimum Gasteiger partial charge on any atom is -0.445 e. The smallest absolute Gasteiger partial charge is 0.416 e. The SMILES string of the molecule is C=CCOC(=O)N1CCCC[C@H](NC=O)C1=O. The highest BCUT2D eigenvalue weighted by Gasteiger charge is 2.31. The molecule has 1 heterocycles. The summed E-state index contributed by atoms with van der Waals surface area (Å²) >= 11 is 0. The van der Waals surface area contributed by atoms with Crippen molar-refractivity contribution in [2.24, 2.45) is 0 Å². The highest BCUT2D eigenvalue weighted by molar-refractivity contribution is 5.96. The van der Waals surface area contributed by atoms with Gasteiger partial charge in [-0.15, -0.1) is 0 Å². The van der Waals surface area contributed by atoms with Crippen LogP contribution in [-0.2, 0) is 14.3 Å². The average Bonchev–Trinajstić information content (AvgIpc) is 2.50. The molecule has 6 nitrogen and oxygen atoms in total. The van der Waals surface area contributed by atoms with E-state index in [1.54, 1.807) is 0 Å². The lowest BCUT2D eigenvalue weighted by Crippen LogP contribution is -2.47. The highest BCUT2D eigenvalue weighted by atomic mass is 16.6. The number of ether oxygens (including phenoxy) is 1. The maximum atomic E-state index is 11.9. The Morgan fingerprint density at radius 3 is 3.00 bits per heavy atom. The summed E-state index contributed by atoms with van der Waals surface area (Å²) in [5.74, 6) is -0.413. The molecule has 0 unspecified atom stereocenters. The Morgan fingerprint density at radius 1 is 1.59 bits per heavy atom. The van der Waals surface area contributed by atoms with Crippen LogP contribution < -0.4 is 5.32 Å². The molecule has 0 aromatic heterocycles. The van der Waals surface area contributed by atoms with Gasteiger partial charge in [0.1, 0.15) is 12.6 Å². The number of carbonyl (C=O) groups is 3. The van der Waals surface area contributed by atoms with Crippen LogP contribution in [-0.4, -0.2) is 42.5 Å². The summed E-state index contributed by atoms with van der Waals surface area (Å²) in [4.78, 5) is 34.9. The van der Waals surface area contributed by atoms with Crippen molar-refractivity contribution >= 4 is 18.4 Å². The lowest BCUT2D eigenvalue weighted by atomic mass is 10.1. The van der Waals surface area contributed by atoms with Crippen molar-refractivity contribution in [3.63, 3.8) is 0 Å². The molecule has 0 spiro atoms.